The fraction of sp³-hybridized carbons (Fsp3) is 0.944. The Hall–Kier alpha value is -0.810. The van der Waals surface area contributed by atoms with Gasteiger partial charge in [0, 0.05) is 38.3 Å². The Labute approximate surface area is 142 Å². The number of likely N-dealkylation sites (N-methyl/N-ethyl adjacent to an activating group) is 2. The van der Waals surface area contributed by atoms with Crippen LogP contribution in [0.25, 0.3) is 0 Å². The molecule has 1 saturated heterocycles. The second-order valence-electron chi connectivity index (χ2n) is 7.40. The first-order chi connectivity index (χ1) is 11.1. The lowest BCUT2D eigenvalue weighted by Crippen LogP contribution is -2.52. The Morgan fingerprint density at radius 2 is 2.00 bits per heavy atom. The van der Waals surface area contributed by atoms with Gasteiger partial charge in [-0.3, -0.25) is 9.89 Å². The van der Waals surface area contributed by atoms with Gasteiger partial charge in [0.25, 0.3) is 0 Å². The van der Waals surface area contributed by atoms with Crippen molar-refractivity contribution < 1.29 is 0 Å². The zero-order chi connectivity index (χ0) is 16.7. The molecule has 0 aromatic heterocycles. The van der Waals surface area contributed by atoms with E-state index in [1.54, 1.807) is 0 Å². The van der Waals surface area contributed by atoms with Crippen LogP contribution in [0.4, 0.5) is 0 Å². The molecule has 5 heteroatoms. The van der Waals surface area contributed by atoms with Crippen LogP contribution < -0.4 is 10.6 Å². The van der Waals surface area contributed by atoms with Crippen LogP contribution in [0.2, 0.25) is 0 Å². The van der Waals surface area contributed by atoms with E-state index in [0.29, 0.717) is 12.1 Å². The highest BCUT2D eigenvalue weighted by molar-refractivity contribution is 5.80. The fourth-order valence-electron chi connectivity index (χ4n) is 3.80. The molecule has 0 bridgehead atoms. The number of piperazine rings is 1. The number of hydrogen-bond acceptors (Lipinski definition) is 3. The van der Waals surface area contributed by atoms with Gasteiger partial charge in [-0.1, -0.05) is 26.2 Å². The van der Waals surface area contributed by atoms with E-state index in [1.807, 2.05) is 0 Å². The quantitative estimate of drug-likeness (QED) is 0.598. The van der Waals surface area contributed by atoms with Crippen LogP contribution in [0.3, 0.4) is 0 Å². The molecule has 2 N–H and O–H groups in total. The predicted molar refractivity (Wildman–Crippen MR) is 99.1 cm³/mol. The molecule has 3 atom stereocenters. The number of nitrogens with zero attached hydrogens (tertiary/aromatic N) is 3. The molecule has 0 aromatic carbocycles. The van der Waals surface area contributed by atoms with Gasteiger partial charge in [0.15, 0.2) is 5.96 Å². The summed E-state index contributed by atoms with van der Waals surface area (Å²) in [6.45, 7) is 9.68. The number of aliphatic imine (C=N–C) groups is 1. The van der Waals surface area contributed by atoms with E-state index in [0.717, 1.165) is 44.6 Å². The Morgan fingerprint density at radius 3 is 2.74 bits per heavy atom. The first-order valence-corrected chi connectivity index (χ1v) is 9.56. The zero-order valence-corrected chi connectivity index (χ0v) is 15.6. The van der Waals surface area contributed by atoms with Crippen molar-refractivity contribution in [2.24, 2.45) is 10.9 Å². The molecule has 23 heavy (non-hydrogen) atoms. The third-order valence-electron chi connectivity index (χ3n) is 5.49. The standard InChI is InChI=1S/C18H37N5/c1-5-15-8-7-9-16(12-15)21-18(19-6-2)20-13-17-14-22(3)10-11-23(17)4/h15-17H,5-14H2,1-4H3,(H2,19,20,21)/t15-,16-,17-/m1/s1. The normalized spacial score (nSPS) is 31.1. The third kappa shape index (κ3) is 5.96. The van der Waals surface area contributed by atoms with Crippen molar-refractivity contribution >= 4 is 5.96 Å². The van der Waals surface area contributed by atoms with Gasteiger partial charge in [-0.05, 0) is 39.8 Å². The second kappa shape index (κ2) is 9.48. The molecule has 1 aliphatic heterocycles. The summed E-state index contributed by atoms with van der Waals surface area (Å²) in [7, 11) is 4.43. The molecule has 134 valence electrons. The molecule has 0 radical (unpaired) electrons. The molecule has 2 fully saturated rings. The van der Waals surface area contributed by atoms with E-state index in [-0.39, 0.29) is 0 Å². The largest absolute Gasteiger partial charge is 0.357 e. The Kier molecular flexibility index (Phi) is 7.63. The van der Waals surface area contributed by atoms with Crippen LogP contribution in [0.5, 0.6) is 0 Å². The van der Waals surface area contributed by atoms with Crippen LogP contribution >= 0.6 is 0 Å². The summed E-state index contributed by atoms with van der Waals surface area (Å²) in [5, 5.41) is 7.13. The van der Waals surface area contributed by atoms with Crippen molar-refractivity contribution in [3.05, 3.63) is 0 Å². The van der Waals surface area contributed by atoms with Crippen LogP contribution in [-0.4, -0.2) is 74.7 Å². The van der Waals surface area contributed by atoms with Crippen molar-refractivity contribution in [2.45, 2.75) is 58.0 Å². The summed E-state index contributed by atoms with van der Waals surface area (Å²) < 4.78 is 0. The molecule has 1 heterocycles. The molecule has 1 aliphatic carbocycles. The molecule has 1 saturated carbocycles. The van der Waals surface area contributed by atoms with Gasteiger partial charge < -0.3 is 15.5 Å². The van der Waals surface area contributed by atoms with Gasteiger partial charge in [-0.15, -0.1) is 0 Å². The summed E-state index contributed by atoms with van der Waals surface area (Å²) in [6, 6.07) is 1.12. The van der Waals surface area contributed by atoms with Crippen molar-refractivity contribution in [1.29, 1.82) is 0 Å². The van der Waals surface area contributed by atoms with E-state index in [2.05, 4.69) is 48.4 Å². The minimum Gasteiger partial charge on any atom is -0.357 e. The maximum atomic E-state index is 4.89. The summed E-state index contributed by atoms with van der Waals surface area (Å²) >= 11 is 0. The first-order valence-electron chi connectivity index (χ1n) is 9.56. The maximum absolute atomic E-state index is 4.89. The SMILES string of the molecule is CCNC(=NC[C@@H]1CN(C)CCN1C)N[C@@H]1CCC[C@@H](CC)C1. The van der Waals surface area contributed by atoms with Gasteiger partial charge >= 0.3 is 0 Å². The first kappa shape index (κ1) is 18.5. The summed E-state index contributed by atoms with van der Waals surface area (Å²) in [5.74, 6) is 1.90. The topological polar surface area (TPSA) is 42.9 Å². The third-order valence-corrected chi connectivity index (χ3v) is 5.49. The zero-order valence-electron chi connectivity index (χ0n) is 15.6. The summed E-state index contributed by atoms with van der Waals surface area (Å²) in [6.07, 6.45) is 6.65. The van der Waals surface area contributed by atoms with Crippen molar-refractivity contribution in [1.82, 2.24) is 20.4 Å². The van der Waals surface area contributed by atoms with Gasteiger partial charge in [-0.2, -0.15) is 0 Å². The van der Waals surface area contributed by atoms with E-state index in [9.17, 15) is 0 Å². The number of hydrogen-bond donors (Lipinski definition) is 2. The fourth-order valence-corrected chi connectivity index (χ4v) is 3.80. The Bertz CT molecular complexity index is 370. The Morgan fingerprint density at radius 1 is 1.17 bits per heavy atom. The monoisotopic (exact) mass is 323 g/mol. The highest BCUT2D eigenvalue weighted by Crippen LogP contribution is 2.26. The minimum atomic E-state index is 0.527. The van der Waals surface area contributed by atoms with Crippen LogP contribution in [0.1, 0.15) is 46.0 Å². The summed E-state index contributed by atoms with van der Waals surface area (Å²) in [5.41, 5.74) is 0. The second-order valence-corrected chi connectivity index (χ2v) is 7.40. The van der Waals surface area contributed by atoms with Gasteiger partial charge in [0.1, 0.15) is 0 Å². The average molecular weight is 324 g/mol. The number of nitrogens with one attached hydrogen (secondary N) is 2. The van der Waals surface area contributed by atoms with Gasteiger partial charge in [-0.25, -0.2) is 0 Å². The van der Waals surface area contributed by atoms with Gasteiger partial charge in [0.2, 0.25) is 0 Å². The predicted octanol–water partition coefficient (Wildman–Crippen LogP) is 1.76. The molecule has 0 aromatic rings. The van der Waals surface area contributed by atoms with E-state index in [4.69, 9.17) is 4.99 Å². The molecule has 5 nitrogen and oxygen atoms in total. The maximum Gasteiger partial charge on any atom is 0.191 e. The molecule has 2 aliphatic rings. The van der Waals surface area contributed by atoms with E-state index >= 15 is 0 Å². The van der Waals surface area contributed by atoms with E-state index in [1.165, 1.54) is 32.1 Å². The molecule has 0 unspecified atom stereocenters. The lowest BCUT2D eigenvalue weighted by Gasteiger charge is -2.37. The van der Waals surface area contributed by atoms with Crippen molar-refractivity contribution in [2.75, 3.05) is 46.8 Å². The van der Waals surface area contributed by atoms with Gasteiger partial charge in [0.05, 0.1) is 6.54 Å². The molecule has 0 amide bonds. The van der Waals surface area contributed by atoms with Crippen molar-refractivity contribution in [3.8, 4) is 0 Å². The highest BCUT2D eigenvalue weighted by Gasteiger charge is 2.23. The van der Waals surface area contributed by atoms with E-state index < -0.39 is 0 Å². The average Bonchev–Trinajstić information content (AvgIpc) is 2.56. The molecular weight excluding hydrogens is 286 g/mol. The smallest absolute Gasteiger partial charge is 0.191 e. The van der Waals surface area contributed by atoms with Crippen LogP contribution in [0, 0.1) is 5.92 Å². The van der Waals surface area contributed by atoms with Crippen LogP contribution in [0.15, 0.2) is 4.99 Å². The summed E-state index contributed by atoms with van der Waals surface area (Å²) in [4.78, 5) is 9.75. The Balaban J connectivity index is 1.88. The lowest BCUT2D eigenvalue weighted by molar-refractivity contribution is 0.119. The molecular formula is C18H37N5. The lowest BCUT2D eigenvalue weighted by atomic mass is 9.84. The molecule has 0 spiro atoms. The minimum absolute atomic E-state index is 0.527. The van der Waals surface area contributed by atoms with Crippen molar-refractivity contribution in [3.63, 3.8) is 0 Å². The van der Waals surface area contributed by atoms with Crippen LogP contribution in [-0.2, 0) is 0 Å². The number of guanidine groups is 1. The molecule has 2 rings (SSSR count). The highest BCUT2D eigenvalue weighted by atomic mass is 15.3. The number of rotatable bonds is 5.